The summed E-state index contributed by atoms with van der Waals surface area (Å²) < 4.78 is 28.0. The topological polar surface area (TPSA) is 86.7 Å². The highest BCUT2D eigenvalue weighted by Gasteiger charge is 2.27. The van der Waals surface area contributed by atoms with E-state index in [0.29, 0.717) is 24.6 Å². The van der Waals surface area contributed by atoms with Gasteiger partial charge in [-0.25, -0.2) is 8.42 Å². The molecule has 0 saturated carbocycles. The van der Waals surface area contributed by atoms with Gasteiger partial charge in [-0.2, -0.15) is 0 Å². The number of nitrogens with zero attached hydrogens (tertiary/aromatic N) is 1. The molecule has 3 aromatic rings. The Morgan fingerprint density at radius 2 is 1.70 bits per heavy atom. The second kappa shape index (κ2) is 8.49. The molecule has 30 heavy (non-hydrogen) atoms. The van der Waals surface area contributed by atoms with E-state index in [1.54, 1.807) is 52.7 Å². The van der Waals surface area contributed by atoms with E-state index in [-0.39, 0.29) is 21.6 Å². The van der Waals surface area contributed by atoms with Gasteiger partial charge in [0.1, 0.15) is 9.96 Å². The molecule has 1 fully saturated rings. The number of carbonyl (C=O) groups excluding carboxylic acids is 1. The lowest BCUT2D eigenvalue weighted by Gasteiger charge is -2.32. The number of sulfonamides is 1. The van der Waals surface area contributed by atoms with Gasteiger partial charge in [-0.3, -0.25) is 9.52 Å². The Bertz CT molecular complexity index is 1120. The van der Waals surface area contributed by atoms with Crippen molar-refractivity contribution in [3.05, 3.63) is 77.2 Å². The van der Waals surface area contributed by atoms with Crippen molar-refractivity contribution in [2.45, 2.75) is 23.0 Å². The van der Waals surface area contributed by atoms with E-state index in [0.717, 1.165) is 29.7 Å². The minimum atomic E-state index is -3.73. The van der Waals surface area contributed by atoms with Crippen LogP contribution in [0.25, 0.3) is 0 Å². The molecule has 1 aliphatic rings. The molecule has 1 aliphatic heterocycles. The highest BCUT2D eigenvalue weighted by Crippen LogP contribution is 2.31. The molecule has 0 aliphatic carbocycles. The predicted octanol–water partition coefficient (Wildman–Crippen LogP) is 4.27. The van der Waals surface area contributed by atoms with Gasteiger partial charge >= 0.3 is 0 Å². The van der Waals surface area contributed by atoms with Gasteiger partial charge in [0, 0.05) is 13.1 Å². The number of rotatable bonds is 5. The summed E-state index contributed by atoms with van der Waals surface area (Å²) in [4.78, 5) is 14.9. The third kappa shape index (κ3) is 4.34. The summed E-state index contributed by atoms with van der Waals surface area (Å²) >= 11 is 1.13. The Labute approximate surface area is 179 Å². The average Bonchev–Trinajstić information content (AvgIpc) is 3.30. The fourth-order valence-electron chi connectivity index (χ4n) is 3.70. The Morgan fingerprint density at radius 3 is 2.37 bits per heavy atom. The zero-order valence-electron chi connectivity index (χ0n) is 16.2. The monoisotopic (exact) mass is 442 g/mol. The van der Waals surface area contributed by atoms with Crippen molar-refractivity contribution in [1.29, 1.82) is 0 Å². The number of phenolic OH excluding ortho intramolecular Hbond substituents is 1. The summed E-state index contributed by atoms with van der Waals surface area (Å²) in [5.74, 6) is 0.402. The number of hydrogen-bond donors (Lipinski definition) is 2. The number of aromatic hydroxyl groups is 1. The summed E-state index contributed by atoms with van der Waals surface area (Å²) in [7, 11) is -3.73. The molecule has 0 atom stereocenters. The molecule has 0 bridgehead atoms. The molecule has 1 amide bonds. The first-order chi connectivity index (χ1) is 14.4. The van der Waals surface area contributed by atoms with Crippen LogP contribution in [0.3, 0.4) is 0 Å². The molecule has 2 heterocycles. The van der Waals surface area contributed by atoms with Crippen LogP contribution in [-0.4, -0.2) is 37.4 Å². The smallest absolute Gasteiger partial charge is 0.271 e. The molecule has 156 valence electrons. The minimum Gasteiger partial charge on any atom is -0.508 e. The molecule has 1 aromatic heterocycles. The Kier molecular flexibility index (Phi) is 5.78. The van der Waals surface area contributed by atoms with Crippen LogP contribution in [0.1, 0.15) is 34.7 Å². The van der Waals surface area contributed by atoms with Crippen molar-refractivity contribution >= 4 is 33.0 Å². The second-order valence-electron chi connectivity index (χ2n) is 7.24. The van der Waals surface area contributed by atoms with Gasteiger partial charge in [0.05, 0.1) is 11.3 Å². The normalized spacial score (nSPS) is 15.1. The van der Waals surface area contributed by atoms with E-state index >= 15 is 0 Å². The van der Waals surface area contributed by atoms with Crippen molar-refractivity contribution in [2.24, 2.45) is 0 Å². The van der Waals surface area contributed by atoms with Crippen molar-refractivity contribution in [3.63, 3.8) is 0 Å². The van der Waals surface area contributed by atoms with Crippen LogP contribution >= 0.6 is 11.3 Å². The standard InChI is InChI=1S/C22H22N2O4S2/c25-18-9-7-16(8-10-18)17-11-13-24(14-12-17)22(26)19-4-1-2-5-20(19)23-30(27,28)21-6-3-15-29-21/h1-10,15,17,23,25H,11-14H2. The third-order valence-electron chi connectivity index (χ3n) is 5.31. The van der Waals surface area contributed by atoms with Crippen LogP contribution in [-0.2, 0) is 10.0 Å². The number of piperidine rings is 1. The summed E-state index contributed by atoms with van der Waals surface area (Å²) in [5, 5.41) is 11.2. The van der Waals surface area contributed by atoms with Crippen LogP contribution in [0.5, 0.6) is 5.75 Å². The number of phenols is 1. The number of amides is 1. The maximum absolute atomic E-state index is 13.1. The van der Waals surface area contributed by atoms with Gasteiger partial charge in [0.2, 0.25) is 0 Å². The second-order valence-corrected chi connectivity index (χ2v) is 10.1. The summed E-state index contributed by atoms with van der Waals surface area (Å²) in [6.07, 6.45) is 1.64. The lowest BCUT2D eigenvalue weighted by atomic mass is 9.89. The Hall–Kier alpha value is -2.84. The van der Waals surface area contributed by atoms with Gasteiger partial charge in [-0.05, 0) is 60.0 Å². The number of carbonyl (C=O) groups is 1. The quantitative estimate of drug-likeness (QED) is 0.618. The predicted molar refractivity (Wildman–Crippen MR) is 118 cm³/mol. The molecule has 2 aromatic carbocycles. The minimum absolute atomic E-state index is 0.177. The lowest BCUT2D eigenvalue weighted by Crippen LogP contribution is -2.38. The summed E-state index contributed by atoms with van der Waals surface area (Å²) in [6, 6.07) is 17.1. The molecule has 0 radical (unpaired) electrons. The van der Waals surface area contributed by atoms with E-state index in [1.807, 2.05) is 12.1 Å². The van der Waals surface area contributed by atoms with Crippen LogP contribution in [0.2, 0.25) is 0 Å². The van der Waals surface area contributed by atoms with E-state index in [1.165, 1.54) is 6.07 Å². The number of hydrogen-bond acceptors (Lipinski definition) is 5. The van der Waals surface area contributed by atoms with E-state index < -0.39 is 10.0 Å². The van der Waals surface area contributed by atoms with E-state index in [9.17, 15) is 18.3 Å². The first kappa shape index (κ1) is 20.4. The number of nitrogens with one attached hydrogen (secondary N) is 1. The zero-order chi connectivity index (χ0) is 21.1. The molecule has 0 spiro atoms. The van der Waals surface area contributed by atoms with Crippen LogP contribution < -0.4 is 4.72 Å². The van der Waals surface area contributed by atoms with Gasteiger partial charge in [-0.15, -0.1) is 11.3 Å². The van der Waals surface area contributed by atoms with Gasteiger partial charge < -0.3 is 10.0 Å². The van der Waals surface area contributed by atoms with Gasteiger partial charge in [0.15, 0.2) is 0 Å². The SMILES string of the molecule is O=C(c1ccccc1NS(=O)(=O)c1cccs1)N1CCC(c2ccc(O)cc2)CC1. The fourth-order valence-corrected chi connectivity index (χ4v) is 5.78. The highest BCUT2D eigenvalue weighted by molar-refractivity contribution is 7.94. The molecule has 1 saturated heterocycles. The van der Waals surface area contributed by atoms with Crippen LogP contribution in [0.15, 0.2) is 70.3 Å². The molecular weight excluding hydrogens is 420 g/mol. The van der Waals surface area contributed by atoms with E-state index in [4.69, 9.17) is 0 Å². The molecular formula is C22H22N2O4S2. The third-order valence-corrected chi connectivity index (χ3v) is 8.07. The number of anilines is 1. The van der Waals surface area contributed by atoms with E-state index in [2.05, 4.69) is 4.72 Å². The summed E-state index contributed by atoms with van der Waals surface area (Å²) in [6.45, 7) is 1.19. The number of benzene rings is 2. The zero-order valence-corrected chi connectivity index (χ0v) is 17.8. The maximum atomic E-state index is 13.1. The largest absolute Gasteiger partial charge is 0.508 e. The average molecular weight is 443 g/mol. The molecule has 8 heteroatoms. The number of para-hydroxylation sites is 1. The van der Waals surface area contributed by atoms with Crippen LogP contribution in [0.4, 0.5) is 5.69 Å². The van der Waals surface area contributed by atoms with Gasteiger partial charge in [-0.1, -0.05) is 30.3 Å². The number of likely N-dealkylation sites (tertiary alicyclic amines) is 1. The summed E-state index contributed by atoms with van der Waals surface area (Å²) in [5.41, 5.74) is 1.79. The molecule has 4 rings (SSSR count). The molecule has 0 unspecified atom stereocenters. The highest BCUT2D eigenvalue weighted by atomic mass is 32.2. The fraction of sp³-hybridized carbons (Fsp3) is 0.227. The lowest BCUT2D eigenvalue weighted by molar-refractivity contribution is 0.0714. The van der Waals surface area contributed by atoms with Crippen molar-refractivity contribution in [3.8, 4) is 5.75 Å². The molecule has 2 N–H and O–H groups in total. The van der Waals surface area contributed by atoms with Crippen LogP contribution in [0, 0.1) is 0 Å². The van der Waals surface area contributed by atoms with Crippen molar-refractivity contribution < 1.29 is 18.3 Å². The molecule has 6 nitrogen and oxygen atoms in total. The first-order valence-electron chi connectivity index (χ1n) is 9.67. The Morgan fingerprint density at radius 1 is 1.00 bits per heavy atom. The van der Waals surface area contributed by atoms with Crippen molar-refractivity contribution in [2.75, 3.05) is 17.8 Å². The number of thiophene rings is 1. The van der Waals surface area contributed by atoms with Gasteiger partial charge in [0.25, 0.3) is 15.9 Å². The Balaban J connectivity index is 1.47. The maximum Gasteiger partial charge on any atom is 0.271 e. The van der Waals surface area contributed by atoms with Crippen molar-refractivity contribution in [1.82, 2.24) is 4.90 Å². The first-order valence-corrected chi connectivity index (χ1v) is 12.0.